The van der Waals surface area contributed by atoms with Crippen LogP contribution in [0.5, 0.6) is 0 Å². The van der Waals surface area contributed by atoms with Gasteiger partial charge in [0.15, 0.2) is 5.82 Å². The highest BCUT2D eigenvalue weighted by Gasteiger charge is 2.30. The summed E-state index contributed by atoms with van der Waals surface area (Å²) in [6.07, 6.45) is -3.09. The Bertz CT molecular complexity index is 448. The van der Waals surface area contributed by atoms with Crippen molar-refractivity contribution in [3.05, 3.63) is 36.2 Å². The van der Waals surface area contributed by atoms with Crippen LogP contribution < -0.4 is 0 Å². The van der Waals surface area contributed by atoms with Gasteiger partial charge in [-0.25, -0.2) is 4.98 Å². The average Bonchev–Trinajstić information content (AvgIpc) is 2.69. The molecule has 3 nitrogen and oxygen atoms in total. The van der Waals surface area contributed by atoms with E-state index in [9.17, 15) is 13.2 Å². The van der Waals surface area contributed by atoms with E-state index in [0.717, 1.165) is 12.1 Å². The molecule has 0 aliphatic rings. The molecule has 0 bridgehead atoms. The third-order valence-corrected chi connectivity index (χ3v) is 1.88. The van der Waals surface area contributed by atoms with Crippen molar-refractivity contribution in [2.24, 2.45) is 0 Å². The Hall–Kier alpha value is -1.85. The minimum atomic E-state index is -4.34. The second-order valence-corrected chi connectivity index (χ2v) is 2.91. The number of aromatic amines is 1. The number of H-pyrrole nitrogens is 1. The van der Waals surface area contributed by atoms with Crippen LogP contribution in [0.1, 0.15) is 5.56 Å². The molecule has 78 valence electrons. The first-order valence-corrected chi connectivity index (χ1v) is 4.10. The van der Waals surface area contributed by atoms with Gasteiger partial charge in [-0.1, -0.05) is 12.1 Å². The van der Waals surface area contributed by atoms with E-state index in [0.29, 0.717) is 11.4 Å². The maximum Gasteiger partial charge on any atom is 0.416 e. The van der Waals surface area contributed by atoms with Crippen molar-refractivity contribution >= 4 is 0 Å². The van der Waals surface area contributed by atoms with Gasteiger partial charge >= 0.3 is 6.18 Å². The number of rotatable bonds is 1. The summed E-state index contributed by atoms with van der Waals surface area (Å²) >= 11 is 0. The highest BCUT2D eigenvalue weighted by molar-refractivity contribution is 5.55. The van der Waals surface area contributed by atoms with Crippen LogP contribution >= 0.6 is 0 Å². The van der Waals surface area contributed by atoms with Crippen LogP contribution in [0.15, 0.2) is 30.6 Å². The molecular weight excluding hydrogens is 207 g/mol. The number of aromatic nitrogens is 3. The number of benzene rings is 1. The molecule has 0 amide bonds. The molecule has 0 saturated heterocycles. The molecule has 0 radical (unpaired) electrons. The number of alkyl halides is 3. The van der Waals surface area contributed by atoms with Crippen LogP contribution in [0.3, 0.4) is 0 Å². The predicted octanol–water partition coefficient (Wildman–Crippen LogP) is 2.49. The quantitative estimate of drug-likeness (QED) is 0.790. The molecule has 0 aliphatic carbocycles. The summed E-state index contributed by atoms with van der Waals surface area (Å²) in [5.74, 6) is 0.320. The predicted molar refractivity (Wildman–Crippen MR) is 46.8 cm³/mol. The summed E-state index contributed by atoms with van der Waals surface area (Å²) in [5.41, 5.74) is -0.335. The molecule has 0 aliphatic heterocycles. The Morgan fingerprint density at radius 1 is 1.20 bits per heavy atom. The molecule has 6 heteroatoms. The number of halogens is 3. The summed E-state index contributed by atoms with van der Waals surface area (Å²) in [6, 6.07) is 4.91. The van der Waals surface area contributed by atoms with E-state index < -0.39 is 11.7 Å². The molecule has 0 saturated carbocycles. The second kappa shape index (κ2) is 3.38. The molecule has 15 heavy (non-hydrogen) atoms. The van der Waals surface area contributed by atoms with Gasteiger partial charge in [-0.15, -0.1) is 0 Å². The molecule has 1 aromatic heterocycles. The third-order valence-electron chi connectivity index (χ3n) is 1.88. The van der Waals surface area contributed by atoms with Crippen molar-refractivity contribution in [1.29, 1.82) is 0 Å². The average molecular weight is 213 g/mol. The fourth-order valence-corrected chi connectivity index (χ4v) is 1.19. The zero-order valence-electron chi connectivity index (χ0n) is 7.42. The third kappa shape index (κ3) is 1.98. The van der Waals surface area contributed by atoms with Crippen molar-refractivity contribution < 1.29 is 13.2 Å². The first kappa shape index (κ1) is 9.70. The molecule has 0 unspecified atom stereocenters. The van der Waals surface area contributed by atoms with E-state index >= 15 is 0 Å². The van der Waals surface area contributed by atoms with E-state index in [1.807, 2.05) is 0 Å². The summed E-state index contributed by atoms with van der Waals surface area (Å²) in [6.45, 7) is 0. The first-order chi connectivity index (χ1) is 7.07. The zero-order valence-corrected chi connectivity index (χ0v) is 7.42. The van der Waals surface area contributed by atoms with Gasteiger partial charge in [0.1, 0.15) is 6.33 Å². The van der Waals surface area contributed by atoms with Gasteiger partial charge < -0.3 is 0 Å². The maximum atomic E-state index is 12.4. The minimum Gasteiger partial charge on any atom is -0.259 e. The summed E-state index contributed by atoms with van der Waals surface area (Å²) < 4.78 is 37.1. The van der Waals surface area contributed by atoms with Crippen molar-refractivity contribution in [2.75, 3.05) is 0 Å². The van der Waals surface area contributed by atoms with Crippen molar-refractivity contribution in [1.82, 2.24) is 15.2 Å². The van der Waals surface area contributed by atoms with Gasteiger partial charge in [0.25, 0.3) is 0 Å². The van der Waals surface area contributed by atoms with Crippen molar-refractivity contribution in [3.8, 4) is 11.4 Å². The Kier molecular flexibility index (Phi) is 2.18. The normalized spacial score (nSPS) is 11.7. The standard InChI is InChI=1S/C9H6F3N3/c10-9(11,12)7-3-1-2-6(4-7)8-13-5-14-15-8/h1-5H,(H,13,14,15). The fraction of sp³-hybridized carbons (Fsp3) is 0.111. The van der Waals surface area contributed by atoms with E-state index in [4.69, 9.17) is 0 Å². The molecule has 0 fully saturated rings. The van der Waals surface area contributed by atoms with E-state index in [1.54, 1.807) is 0 Å². The van der Waals surface area contributed by atoms with E-state index in [1.165, 1.54) is 18.5 Å². The van der Waals surface area contributed by atoms with Crippen LogP contribution in [-0.4, -0.2) is 15.2 Å². The van der Waals surface area contributed by atoms with Crippen LogP contribution in [0, 0.1) is 0 Å². The SMILES string of the molecule is FC(F)(F)c1cccc(-c2ncn[nH]2)c1. The molecule has 1 heterocycles. The van der Waals surface area contributed by atoms with Gasteiger partial charge in [-0.2, -0.15) is 18.3 Å². The van der Waals surface area contributed by atoms with Gasteiger partial charge in [0, 0.05) is 5.56 Å². The number of hydrogen-bond donors (Lipinski definition) is 1. The first-order valence-electron chi connectivity index (χ1n) is 4.10. The topological polar surface area (TPSA) is 41.6 Å². The smallest absolute Gasteiger partial charge is 0.259 e. The monoisotopic (exact) mass is 213 g/mol. The molecule has 1 N–H and O–H groups in total. The highest BCUT2D eigenvalue weighted by atomic mass is 19.4. The Morgan fingerprint density at radius 2 is 2.00 bits per heavy atom. The number of nitrogens with zero attached hydrogens (tertiary/aromatic N) is 2. The molecule has 1 aromatic carbocycles. The van der Waals surface area contributed by atoms with Crippen molar-refractivity contribution in [2.45, 2.75) is 6.18 Å². The molecular formula is C9H6F3N3. The lowest BCUT2D eigenvalue weighted by molar-refractivity contribution is -0.137. The summed E-state index contributed by atoms with van der Waals surface area (Å²) in [4.78, 5) is 3.78. The fourth-order valence-electron chi connectivity index (χ4n) is 1.19. The molecule has 0 atom stereocenters. The van der Waals surface area contributed by atoms with Gasteiger partial charge in [-0.05, 0) is 12.1 Å². The van der Waals surface area contributed by atoms with Gasteiger partial charge in [0.2, 0.25) is 0 Å². The lowest BCUT2D eigenvalue weighted by Crippen LogP contribution is -2.04. The van der Waals surface area contributed by atoms with Crippen LogP contribution in [0.2, 0.25) is 0 Å². The Labute approximate surface area is 83.0 Å². The van der Waals surface area contributed by atoms with E-state index in [-0.39, 0.29) is 0 Å². The van der Waals surface area contributed by atoms with Crippen molar-refractivity contribution in [3.63, 3.8) is 0 Å². The zero-order chi connectivity index (χ0) is 10.9. The lowest BCUT2D eigenvalue weighted by atomic mass is 10.1. The van der Waals surface area contributed by atoms with Gasteiger partial charge in [0.05, 0.1) is 5.56 Å². The lowest BCUT2D eigenvalue weighted by Gasteiger charge is -2.06. The summed E-state index contributed by atoms with van der Waals surface area (Å²) in [5, 5.41) is 6.08. The minimum absolute atomic E-state index is 0.320. The number of hydrogen-bond acceptors (Lipinski definition) is 2. The Morgan fingerprint density at radius 3 is 2.60 bits per heavy atom. The highest BCUT2D eigenvalue weighted by Crippen LogP contribution is 2.31. The second-order valence-electron chi connectivity index (χ2n) is 2.91. The van der Waals surface area contributed by atoms with Crippen LogP contribution in [0.25, 0.3) is 11.4 Å². The largest absolute Gasteiger partial charge is 0.416 e. The van der Waals surface area contributed by atoms with Gasteiger partial charge in [-0.3, -0.25) is 5.10 Å². The van der Waals surface area contributed by atoms with Crippen LogP contribution in [0.4, 0.5) is 13.2 Å². The molecule has 2 rings (SSSR count). The van der Waals surface area contributed by atoms with E-state index in [2.05, 4.69) is 15.2 Å². The molecule has 2 aromatic rings. The van der Waals surface area contributed by atoms with Crippen LogP contribution in [-0.2, 0) is 6.18 Å². The maximum absolute atomic E-state index is 12.4. The molecule has 0 spiro atoms. The summed E-state index contributed by atoms with van der Waals surface area (Å²) in [7, 11) is 0. The Balaban J connectivity index is 2.44. The number of nitrogens with one attached hydrogen (secondary N) is 1.